The maximum absolute atomic E-state index is 5.33. The number of nitrogens with zero attached hydrogens (tertiary/aromatic N) is 2. The molecule has 5 heteroatoms. The third kappa shape index (κ3) is 2.52. The number of benzene rings is 1. The fourth-order valence-electron chi connectivity index (χ4n) is 1.60. The molecular weight excluding hydrogens is 246 g/mol. The molecule has 1 N–H and O–H groups in total. The fourth-order valence-corrected chi connectivity index (χ4v) is 2.50. The van der Waals surface area contributed by atoms with Crippen LogP contribution >= 0.6 is 11.3 Å². The quantitative estimate of drug-likeness (QED) is 0.921. The van der Waals surface area contributed by atoms with Crippen LogP contribution < -0.4 is 10.1 Å². The molecule has 0 aliphatic heterocycles. The van der Waals surface area contributed by atoms with Gasteiger partial charge in [0.05, 0.1) is 13.2 Å². The van der Waals surface area contributed by atoms with Gasteiger partial charge in [0.25, 0.3) is 0 Å². The maximum atomic E-state index is 5.33. The van der Waals surface area contributed by atoms with E-state index in [0.717, 1.165) is 26.9 Å². The molecule has 18 heavy (non-hydrogen) atoms. The summed E-state index contributed by atoms with van der Waals surface area (Å²) in [5.41, 5.74) is 2.17. The van der Waals surface area contributed by atoms with Crippen LogP contribution in [-0.2, 0) is 0 Å². The molecule has 0 spiro atoms. The molecule has 1 aromatic heterocycles. The number of methoxy groups -OCH3 is 1. The Morgan fingerprint density at radius 2 is 2.11 bits per heavy atom. The molecule has 1 heterocycles. The van der Waals surface area contributed by atoms with E-state index in [2.05, 4.69) is 22.4 Å². The van der Waals surface area contributed by atoms with Crippen molar-refractivity contribution in [1.29, 1.82) is 0 Å². The van der Waals surface area contributed by atoms with Crippen molar-refractivity contribution in [2.24, 2.45) is 0 Å². The van der Waals surface area contributed by atoms with Gasteiger partial charge in [0, 0.05) is 5.56 Å². The molecule has 1 aromatic carbocycles. The third-order valence-corrected chi connectivity index (χ3v) is 4.05. The number of nitrogens with one attached hydrogen (secondary N) is 1. The summed E-state index contributed by atoms with van der Waals surface area (Å²) in [5.74, 6) is 0.880. The Morgan fingerprint density at radius 3 is 2.78 bits per heavy atom. The molecule has 0 saturated carbocycles. The van der Waals surface area contributed by atoms with Gasteiger partial charge in [0.15, 0.2) is 0 Å². The highest BCUT2D eigenvalue weighted by molar-refractivity contribution is 7.14. The first kappa shape index (κ1) is 13.0. The molecule has 0 aliphatic carbocycles. The fraction of sp³-hybridized carbons (Fsp3) is 0.385. The molecule has 1 atom stereocenters. The van der Waals surface area contributed by atoms with Crippen molar-refractivity contribution in [2.75, 3.05) is 14.2 Å². The van der Waals surface area contributed by atoms with Gasteiger partial charge in [0.2, 0.25) is 0 Å². The first-order chi connectivity index (χ1) is 8.65. The van der Waals surface area contributed by atoms with Crippen LogP contribution in [0.15, 0.2) is 18.2 Å². The summed E-state index contributed by atoms with van der Waals surface area (Å²) >= 11 is 1.60. The summed E-state index contributed by atoms with van der Waals surface area (Å²) in [6.07, 6.45) is 0. The van der Waals surface area contributed by atoms with Crippen LogP contribution in [0.25, 0.3) is 10.6 Å². The molecular formula is C13H17N3OS. The summed E-state index contributed by atoms with van der Waals surface area (Å²) in [7, 11) is 3.60. The Balaban J connectivity index is 2.34. The van der Waals surface area contributed by atoms with Gasteiger partial charge in [-0.15, -0.1) is 10.2 Å². The highest BCUT2D eigenvalue weighted by Crippen LogP contribution is 2.30. The summed E-state index contributed by atoms with van der Waals surface area (Å²) in [6.45, 7) is 4.09. The van der Waals surface area contributed by atoms with Crippen LogP contribution in [0.5, 0.6) is 5.75 Å². The zero-order chi connectivity index (χ0) is 13.1. The molecule has 0 bridgehead atoms. The van der Waals surface area contributed by atoms with Crippen LogP contribution in [0.2, 0.25) is 0 Å². The largest absolute Gasteiger partial charge is 0.496 e. The SMILES string of the molecule is CNC(C)c1nnc(-c2ccc(C)c(OC)c2)s1. The second kappa shape index (κ2) is 5.46. The average molecular weight is 263 g/mol. The van der Waals surface area contributed by atoms with Crippen molar-refractivity contribution < 1.29 is 4.74 Å². The minimum atomic E-state index is 0.226. The van der Waals surface area contributed by atoms with Crippen molar-refractivity contribution >= 4 is 11.3 Å². The minimum absolute atomic E-state index is 0.226. The zero-order valence-electron chi connectivity index (χ0n) is 11.0. The van der Waals surface area contributed by atoms with Crippen LogP contribution in [0.1, 0.15) is 23.5 Å². The van der Waals surface area contributed by atoms with Crippen LogP contribution in [0.4, 0.5) is 0 Å². The van der Waals surface area contributed by atoms with E-state index in [-0.39, 0.29) is 6.04 Å². The van der Waals surface area contributed by atoms with E-state index in [0.29, 0.717) is 0 Å². The summed E-state index contributed by atoms with van der Waals surface area (Å²) in [4.78, 5) is 0. The van der Waals surface area contributed by atoms with Crippen molar-refractivity contribution in [1.82, 2.24) is 15.5 Å². The summed E-state index contributed by atoms with van der Waals surface area (Å²) in [5, 5.41) is 13.5. The predicted molar refractivity (Wildman–Crippen MR) is 74.1 cm³/mol. The lowest BCUT2D eigenvalue weighted by atomic mass is 10.1. The van der Waals surface area contributed by atoms with E-state index < -0.39 is 0 Å². The van der Waals surface area contributed by atoms with Gasteiger partial charge in [-0.25, -0.2) is 0 Å². The number of aromatic nitrogens is 2. The Morgan fingerprint density at radius 1 is 1.33 bits per heavy atom. The van der Waals surface area contributed by atoms with E-state index in [4.69, 9.17) is 4.74 Å². The van der Waals surface area contributed by atoms with Gasteiger partial charge < -0.3 is 10.1 Å². The molecule has 0 fully saturated rings. The molecule has 2 aromatic rings. The van der Waals surface area contributed by atoms with E-state index >= 15 is 0 Å². The number of hydrogen-bond acceptors (Lipinski definition) is 5. The van der Waals surface area contributed by atoms with Gasteiger partial charge in [0.1, 0.15) is 15.8 Å². The molecule has 0 amide bonds. The average Bonchev–Trinajstić information content (AvgIpc) is 2.88. The van der Waals surface area contributed by atoms with Gasteiger partial charge in [-0.3, -0.25) is 0 Å². The summed E-state index contributed by atoms with van der Waals surface area (Å²) < 4.78 is 5.33. The van der Waals surface area contributed by atoms with E-state index in [9.17, 15) is 0 Å². The van der Waals surface area contributed by atoms with E-state index in [1.807, 2.05) is 32.2 Å². The molecule has 2 rings (SSSR count). The lowest BCUT2D eigenvalue weighted by molar-refractivity contribution is 0.412. The Labute approximate surface area is 111 Å². The predicted octanol–water partition coefficient (Wildman–Crippen LogP) is 2.80. The monoisotopic (exact) mass is 263 g/mol. The Hall–Kier alpha value is -1.46. The first-order valence-electron chi connectivity index (χ1n) is 5.81. The Kier molecular flexibility index (Phi) is 3.93. The van der Waals surface area contributed by atoms with Gasteiger partial charge in [-0.2, -0.15) is 0 Å². The van der Waals surface area contributed by atoms with E-state index in [1.54, 1.807) is 18.4 Å². The molecule has 0 aliphatic rings. The van der Waals surface area contributed by atoms with Crippen LogP contribution in [0, 0.1) is 6.92 Å². The molecule has 1 unspecified atom stereocenters. The maximum Gasteiger partial charge on any atom is 0.147 e. The molecule has 0 saturated heterocycles. The second-order valence-electron chi connectivity index (χ2n) is 4.14. The normalized spacial score (nSPS) is 12.4. The van der Waals surface area contributed by atoms with Gasteiger partial charge in [-0.05, 0) is 32.5 Å². The van der Waals surface area contributed by atoms with Gasteiger partial charge >= 0.3 is 0 Å². The third-order valence-electron chi connectivity index (χ3n) is 2.90. The lowest BCUT2D eigenvalue weighted by Crippen LogP contribution is -2.11. The zero-order valence-corrected chi connectivity index (χ0v) is 11.8. The summed E-state index contributed by atoms with van der Waals surface area (Å²) in [6, 6.07) is 6.32. The smallest absolute Gasteiger partial charge is 0.147 e. The number of hydrogen-bond donors (Lipinski definition) is 1. The molecule has 4 nitrogen and oxygen atoms in total. The van der Waals surface area contributed by atoms with Crippen LogP contribution in [-0.4, -0.2) is 24.4 Å². The highest BCUT2D eigenvalue weighted by Gasteiger charge is 2.12. The van der Waals surface area contributed by atoms with Crippen molar-refractivity contribution in [3.8, 4) is 16.3 Å². The van der Waals surface area contributed by atoms with Crippen molar-refractivity contribution in [3.63, 3.8) is 0 Å². The molecule has 96 valence electrons. The number of rotatable bonds is 4. The van der Waals surface area contributed by atoms with Crippen molar-refractivity contribution in [2.45, 2.75) is 19.9 Å². The van der Waals surface area contributed by atoms with Crippen molar-refractivity contribution in [3.05, 3.63) is 28.8 Å². The first-order valence-corrected chi connectivity index (χ1v) is 6.63. The second-order valence-corrected chi connectivity index (χ2v) is 5.15. The molecule has 0 radical (unpaired) electrons. The Bertz CT molecular complexity index is 539. The topological polar surface area (TPSA) is 47.0 Å². The lowest BCUT2D eigenvalue weighted by Gasteiger charge is -2.05. The number of ether oxygens (including phenoxy) is 1. The van der Waals surface area contributed by atoms with Crippen LogP contribution in [0.3, 0.4) is 0 Å². The minimum Gasteiger partial charge on any atom is -0.496 e. The highest BCUT2D eigenvalue weighted by atomic mass is 32.1. The standard InChI is InChI=1S/C13H17N3OS/c1-8-5-6-10(7-11(8)17-4)13-16-15-12(18-13)9(2)14-3/h5-7,9,14H,1-4H3. The van der Waals surface area contributed by atoms with Gasteiger partial charge in [-0.1, -0.05) is 23.5 Å². The van der Waals surface area contributed by atoms with E-state index in [1.165, 1.54) is 0 Å². The number of aryl methyl sites for hydroxylation is 1.